The van der Waals surface area contributed by atoms with Crippen molar-refractivity contribution in [3.63, 3.8) is 0 Å². The van der Waals surface area contributed by atoms with Crippen LogP contribution in [0.25, 0.3) is 11.3 Å². The van der Waals surface area contributed by atoms with E-state index >= 15 is 0 Å². The van der Waals surface area contributed by atoms with Crippen molar-refractivity contribution in [2.24, 2.45) is 0 Å². The lowest BCUT2D eigenvalue weighted by atomic mass is 10.1. The lowest BCUT2D eigenvalue weighted by Crippen LogP contribution is -2.06. The van der Waals surface area contributed by atoms with Crippen LogP contribution in [0.3, 0.4) is 0 Å². The highest BCUT2D eigenvalue weighted by atomic mass is 16.5. The summed E-state index contributed by atoms with van der Waals surface area (Å²) in [5.74, 6) is 2.62. The molecule has 2 N–H and O–H groups in total. The van der Waals surface area contributed by atoms with Gasteiger partial charge in [0, 0.05) is 29.9 Å². The maximum absolute atomic E-state index is 5.37. The van der Waals surface area contributed by atoms with Gasteiger partial charge in [0.1, 0.15) is 5.82 Å². The van der Waals surface area contributed by atoms with Crippen LogP contribution in [0, 0.1) is 0 Å². The second-order valence-corrected chi connectivity index (χ2v) is 5.95. The van der Waals surface area contributed by atoms with Gasteiger partial charge in [0.15, 0.2) is 11.5 Å². The number of nitrogens with zero attached hydrogens (tertiary/aromatic N) is 2. The van der Waals surface area contributed by atoms with Crippen molar-refractivity contribution in [3.8, 4) is 22.8 Å². The van der Waals surface area contributed by atoms with Crippen LogP contribution < -0.4 is 20.1 Å². The van der Waals surface area contributed by atoms with E-state index in [1.807, 2.05) is 54.6 Å². The predicted molar refractivity (Wildman–Crippen MR) is 109 cm³/mol. The number of hydrogen-bond donors (Lipinski definition) is 2. The Kier molecular flexibility index (Phi) is 6.10. The summed E-state index contributed by atoms with van der Waals surface area (Å²) in [4.78, 5) is 9.26. The summed E-state index contributed by atoms with van der Waals surface area (Å²) in [6.07, 6.45) is 1.02. The fourth-order valence-corrected chi connectivity index (χ4v) is 2.65. The third-order valence-electron chi connectivity index (χ3n) is 3.99. The van der Waals surface area contributed by atoms with Crippen molar-refractivity contribution in [1.29, 1.82) is 0 Å². The Hall–Kier alpha value is -3.28. The molecule has 0 amide bonds. The van der Waals surface area contributed by atoms with Gasteiger partial charge in [-0.1, -0.05) is 37.3 Å². The molecule has 6 heteroatoms. The van der Waals surface area contributed by atoms with Gasteiger partial charge in [-0.15, -0.1) is 0 Å². The van der Waals surface area contributed by atoms with Gasteiger partial charge in [0.2, 0.25) is 5.95 Å². The van der Waals surface area contributed by atoms with Crippen molar-refractivity contribution in [2.45, 2.75) is 13.3 Å². The summed E-state index contributed by atoms with van der Waals surface area (Å²) < 4.78 is 10.7. The zero-order valence-electron chi connectivity index (χ0n) is 15.8. The SMILES string of the molecule is CCCNc1cc(-c2ccccc2)nc(Nc2ccc(OC)c(OC)c2)n1. The third-order valence-corrected chi connectivity index (χ3v) is 3.99. The Balaban J connectivity index is 1.94. The topological polar surface area (TPSA) is 68.3 Å². The number of methoxy groups -OCH3 is 2. The second-order valence-electron chi connectivity index (χ2n) is 5.95. The van der Waals surface area contributed by atoms with E-state index in [4.69, 9.17) is 9.47 Å². The maximum Gasteiger partial charge on any atom is 0.229 e. The molecule has 0 fully saturated rings. The first-order chi connectivity index (χ1) is 13.2. The first-order valence-electron chi connectivity index (χ1n) is 8.91. The minimum absolute atomic E-state index is 0.516. The number of nitrogens with one attached hydrogen (secondary N) is 2. The molecular formula is C21H24N4O2. The van der Waals surface area contributed by atoms with Crippen molar-refractivity contribution >= 4 is 17.5 Å². The van der Waals surface area contributed by atoms with Crippen molar-refractivity contribution in [1.82, 2.24) is 9.97 Å². The number of anilines is 3. The maximum atomic E-state index is 5.37. The molecule has 140 valence electrons. The number of hydrogen-bond acceptors (Lipinski definition) is 6. The molecule has 0 unspecified atom stereocenters. The fraction of sp³-hybridized carbons (Fsp3) is 0.238. The zero-order chi connectivity index (χ0) is 19.1. The minimum atomic E-state index is 0.516. The molecule has 1 aromatic heterocycles. The van der Waals surface area contributed by atoms with E-state index in [9.17, 15) is 0 Å². The van der Waals surface area contributed by atoms with Crippen molar-refractivity contribution in [3.05, 3.63) is 54.6 Å². The lowest BCUT2D eigenvalue weighted by Gasteiger charge is -2.13. The smallest absolute Gasteiger partial charge is 0.229 e. The number of aromatic nitrogens is 2. The quantitative estimate of drug-likeness (QED) is 0.602. The summed E-state index contributed by atoms with van der Waals surface area (Å²) in [6, 6.07) is 17.6. The summed E-state index contributed by atoms with van der Waals surface area (Å²) in [5.41, 5.74) is 2.71. The summed E-state index contributed by atoms with van der Waals surface area (Å²) in [6.45, 7) is 2.97. The Morgan fingerprint density at radius 1 is 0.889 bits per heavy atom. The summed E-state index contributed by atoms with van der Waals surface area (Å²) >= 11 is 0. The third kappa shape index (κ3) is 4.67. The van der Waals surface area contributed by atoms with Gasteiger partial charge in [-0.2, -0.15) is 4.98 Å². The van der Waals surface area contributed by atoms with Crippen molar-refractivity contribution in [2.75, 3.05) is 31.4 Å². The molecule has 0 saturated carbocycles. The van der Waals surface area contributed by atoms with Crippen LogP contribution in [0.4, 0.5) is 17.5 Å². The molecule has 0 radical (unpaired) electrons. The van der Waals surface area contributed by atoms with Crippen LogP contribution in [0.1, 0.15) is 13.3 Å². The van der Waals surface area contributed by atoms with Gasteiger partial charge in [-0.25, -0.2) is 4.98 Å². The second kappa shape index (κ2) is 8.89. The molecule has 0 aliphatic rings. The average Bonchev–Trinajstić information content (AvgIpc) is 2.72. The molecule has 3 rings (SSSR count). The van der Waals surface area contributed by atoms with E-state index in [0.29, 0.717) is 17.4 Å². The predicted octanol–water partition coefficient (Wildman–Crippen LogP) is 4.73. The zero-order valence-corrected chi connectivity index (χ0v) is 15.8. The number of rotatable bonds is 8. The molecule has 0 spiro atoms. The summed E-state index contributed by atoms with van der Waals surface area (Å²) in [7, 11) is 3.23. The van der Waals surface area contributed by atoms with E-state index in [1.165, 1.54) is 0 Å². The van der Waals surface area contributed by atoms with Crippen LogP contribution in [0.15, 0.2) is 54.6 Å². The fourth-order valence-electron chi connectivity index (χ4n) is 2.65. The molecule has 0 aliphatic heterocycles. The van der Waals surface area contributed by atoms with Gasteiger partial charge < -0.3 is 20.1 Å². The normalized spacial score (nSPS) is 10.3. The van der Waals surface area contributed by atoms with Crippen molar-refractivity contribution < 1.29 is 9.47 Å². The standard InChI is InChI=1S/C21H24N4O2/c1-4-12-22-20-14-17(15-8-6-5-7-9-15)24-21(25-20)23-16-10-11-18(26-2)19(13-16)27-3/h5-11,13-14H,4,12H2,1-3H3,(H2,22,23,24,25). The molecule has 27 heavy (non-hydrogen) atoms. The average molecular weight is 364 g/mol. The van der Waals surface area contributed by atoms with Gasteiger partial charge in [0.25, 0.3) is 0 Å². The van der Waals surface area contributed by atoms with Gasteiger partial charge >= 0.3 is 0 Å². The molecule has 0 saturated heterocycles. The van der Waals surface area contributed by atoms with Crippen LogP contribution in [-0.2, 0) is 0 Å². The lowest BCUT2D eigenvalue weighted by molar-refractivity contribution is 0.355. The highest BCUT2D eigenvalue weighted by Crippen LogP contribution is 2.31. The van der Waals surface area contributed by atoms with Gasteiger partial charge in [-0.3, -0.25) is 0 Å². The minimum Gasteiger partial charge on any atom is -0.493 e. The van der Waals surface area contributed by atoms with E-state index < -0.39 is 0 Å². The monoisotopic (exact) mass is 364 g/mol. The Bertz CT molecular complexity index is 885. The Morgan fingerprint density at radius 2 is 1.67 bits per heavy atom. The molecule has 2 aromatic carbocycles. The van der Waals surface area contributed by atoms with Crippen LogP contribution >= 0.6 is 0 Å². The molecular weight excluding hydrogens is 340 g/mol. The molecule has 3 aromatic rings. The van der Waals surface area contributed by atoms with E-state index in [0.717, 1.165) is 35.7 Å². The van der Waals surface area contributed by atoms with Gasteiger partial charge in [-0.05, 0) is 18.6 Å². The van der Waals surface area contributed by atoms with Crippen LogP contribution in [-0.4, -0.2) is 30.7 Å². The molecule has 6 nitrogen and oxygen atoms in total. The molecule has 0 atom stereocenters. The van der Waals surface area contributed by atoms with Gasteiger partial charge in [0.05, 0.1) is 19.9 Å². The number of benzene rings is 2. The number of ether oxygens (including phenoxy) is 2. The van der Waals surface area contributed by atoms with E-state index in [-0.39, 0.29) is 0 Å². The Labute approximate surface area is 159 Å². The first kappa shape index (κ1) is 18.5. The highest BCUT2D eigenvalue weighted by molar-refractivity contribution is 5.67. The summed E-state index contributed by atoms with van der Waals surface area (Å²) in [5, 5.41) is 6.59. The van der Waals surface area contributed by atoms with Crippen LogP contribution in [0.2, 0.25) is 0 Å². The van der Waals surface area contributed by atoms with Crippen LogP contribution in [0.5, 0.6) is 11.5 Å². The molecule has 0 bridgehead atoms. The van der Waals surface area contributed by atoms with E-state index in [1.54, 1.807) is 14.2 Å². The first-order valence-corrected chi connectivity index (χ1v) is 8.91. The largest absolute Gasteiger partial charge is 0.493 e. The molecule has 1 heterocycles. The molecule has 0 aliphatic carbocycles. The Morgan fingerprint density at radius 3 is 2.37 bits per heavy atom. The highest BCUT2D eigenvalue weighted by Gasteiger charge is 2.09. The van der Waals surface area contributed by atoms with E-state index in [2.05, 4.69) is 27.5 Å².